The molecule has 5 aliphatic carbocycles. The molecule has 0 aromatic heterocycles. The maximum atomic E-state index is 14.6. The van der Waals surface area contributed by atoms with Gasteiger partial charge in [0.2, 0.25) is 17.6 Å². The van der Waals surface area contributed by atoms with Crippen LogP contribution in [0.2, 0.25) is 0 Å². The summed E-state index contributed by atoms with van der Waals surface area (Å²) in [5, 5.41) is 10.0. The lowest BCUT2D eigenvalue weighted by Gasteiger charge is -2.70. The molecule has 7 aliphatic rings. The molecule has 55 heavy (non-hydrogen) atoms. The van der Waals surface area contributed by atoms with E-state index in [1.807, 2.05) is 42.2 Å². The first-order valence-electron chi connectivity index (χ1n) is 19.9. The quantitative estimate of drug-likeness (QED) is 0.309. The maximum absolute atomic E-state index is 14.6. The zero-order valence-electron chi connectivity index (χ0n) is 33.0. The first-order chi connectivity index (χ1) is 25.9. The van der Waals surface area contributed by atoms with Crippen molar-refractivity contribution < 1.29 is 29.1 Å². The first-order valence-corrected chi connectivity index (χ1v) is 20.7. The van der Waals surface area contributed by atoms with E-state index >= 15 is 0 Å². The van der Waals surface area contributed by atoms with Gasteiger partial charge < -0.3 is 14.9 Å². The van der Waals surface area contributed by atoms with Crippen molar-refractivity contribution in [2.24, 2.45) is 33.0 Å². The molecule has 1 N–H and O–H groups in total. The Morgan fingerprint density at radius 2 is 1.55 bits per heavy atom. The van der Waals surface area contributed by atoms with E-state index in [0.29, 0.717) is 42.6 Å². The number of hydrogen-bond donors (Lipinski definition) is 1. The van der Waals surface area contributed by atoms with E-state index in [1.165, 1.54) is 5.57 Å². The highest BCUT2D eigenvalue weighted by molar-refractivity contribution is 8.18. The molecule has 5 fully saturated rings. The van der Waals surface area contributed by atoms with E-state index < -0.39 is 16.6 Å². The Morgan fingerprint density at radius 3 is 2.25 bits per heavy atom. The summed E-state index contributed by atoms with van der Waals surface area (Å²) in [4.78, 5) is 71.6. The number of carbonyl (C=O) groups excluding carboxylic acids is 5. The van der Waals surface area contributed by atoms with Crippen molar-refractivity contribution in [2.75, 3.05) is 32.7 Å². The molecule has 0 unspecified atom stereocenters. The number of benzene rings is 1. The average molecular weight is 764 g/mol. The summed E-state index contributed by atoms with van der Waals surface area (Å²) < 4.78 is 0. The van der Waals surface area contributed by atoms with Crippen molar-refractivity contribution in [2.45, 2.75) is 86.5 Å². The minimum Gasteiger partial charge on any atom is -0.504 e. The number of ketones is 1. The monoisotopic (exact) mass is 763 g/mol. The van der Waals surface area contributed by atoms with E-state index in [4.69, 9.17) is 0 Å². The number of nitrogens with zero attached hydrogens (tertiary/aromatic N) is 3. The van der Waals surface area contributed by atoms with Gasteiger partial charge in [-0.05, 0) is 115 Å². The number of amides is 4. The molecule has 0 spiro atoms. The van der Waals surface area contributed by atoms with Crippen LogP contribution in [-0.4, -0.2) is 81.3 Å². The Bertz CT molecular complexity index is 2070. The average Bonchev–Trinajstić information content (AvgIpc) is 3.43. The second kappa shape index (κ2) is 12.9. The number of carbonyl (C=O) groups is 5. The van der Waals surface area contributed by atoms with Crippen LogP contribution in [0.15, 0.2) is 81.5 Å². The Hall–Kier alpha value is -4.18. The molecule has 2 aliphatic heterocycles. The second-order valence-corrected chi connectivity index (χ2v) is 19.5. The minimum absolute atomic E-state index is 0.0606. The van der Waals surface area contributed by atoms with Gasteiger partial charge in [0.25, 0.3) is 11.1 Å². The van der Waals surface area contributed by atoms with Gasteiger partial charge in [0, 0.05) is 42.6 Å². The molecule has 3 saturated carbocycles. The molecular formula is C45H53N3O6S. The van der Waals surface area contributed by atoms with Gasteiger partial charge in [0.15, 0.2) is 5.76 Å². The molecular weight excluding hydrogens is 711 g/mol. The smallest absolute Gasteiger partial charge is 0.294 e. The predicted molar refractivity (Wildman–Crippen MR) is 213 cm³/mol. The zero-order chi connectivity index (χ0) is 39.3. The van der Waals surface area contributed by atoms with Gasteiger partial charge in [-0.25, -0.2) is 0 Å². The van der Waals surface area contributed by atoms with Crippen LogP contribution in [0.4, 0.5) is 4.79 Å². The van der Waals surface area contributed by atoms with Crippen molar-refractivity contribution in [3.05, 3.63) is 87.1 Å². The van der Waals surface area contributed by atoms with Crippen LogP contribution in [0.25, 0.3) is 6.08 Å². The number of piperazine rings is 1. The molecule has 2 heterocycles. The van der Waals surface area contributed by atoms with E-state index in [2.05, 4.69) is 46.8 Å². The first kappa shape index (κ1) is 37.7. The molecule has 9 nitrogen and oxygen atoms in total. The zero-order valence-corrected chi connectivity index (χ0v) is 33.8. The Balaban J connectivity index is 0.957. The Morgan fingerprint density at radius 1 is 0.873 bits per heavy atom. The molecule has 6 atom stereocenters. The van der Waals surface area contributed by atoms with Crippen molar-refractivity contribution in [3.8, 4) is 0 Å². The summed E-state index contributed by atoms with van der Waals surface area (Å²) in [5.41, 5.74) is 3.95. The van der Waals surface area contributed by atoms with Crippen LogP contribution in [-0.2, 0) is 19.2 Å². The van der Waals surface area contributed by atoms with Crippen LogP contribution >= 0.6 is 11.8 Å². The molecule has 290 valence electrons. The number of imide groups is 1. The number of fused-ring (bicyclic) bond motifs is 7. The van der Waals surface area contributed by atoms with Crippen LogP contribution in [0, 0.1) is 33.0 Å². The highest BCUT2D eigenvalue weighted by Gasteiger charge is 2.67. The standard InChI is InChI=1S/C45H53N3O6S/c1-28-30-12-13-34-43(4,31(30)25-32(49)37(28)51)17-19-45(6)35-26-42(3,15-14-41(35,2)16-18-44(34,45)5)39(53)47-22-20-46(21-23-47)36(50)27-48-38(52)33(55-40(48)54)24-29-10-8-7-9-11-29/h7-13,24-25,35,51H,14-23,26-27H2,1-6H3/b33-24-/t35-,41-,42-,43+,44-,45+/m1/s1. The third-order valence-corrected chi connectivity index (χ3v) is 16.5. The number of aliphatic hydroxyl groups is 1. The molecule has 0 bridgehead atoms. The van der Waals surface area contributed by atoms with Gasteiger partial charge in [-0.1, -0.05) is 82.7 Å². The van der Waals surface area contributed by atoms with Crippen molar-refractivity contribution in [1.29, 1.82) is 0 Å². The lowest BCUT2D eigenvalue weighted by molar-refractivity contribution is -0.175. The third-order valence-electron chi connectivity index (χ3n) is 15.6. The largest absolute Gasteiger partial charge is 0.504 e. The number of hydrogen-bond acceptors (Lipinski definition) is 7. The number of thioether (sulfide) groups is 1. The van der Waals surface area contributed by atoms with Crippen LogP contribution in [0.1, 0.15) is 92.1 Å². The summed E-state index contributed by atoms with van der Waals surface area (Å²) >= 11 is 0.853. The molecule has 10 heteroatoms. The molecule has 4 amide bonds. The van der Waals surface area contributed by atoms with Crippen LogP contribution in [0.3, 0.4) is 0 Å². The molecule has 2 saturated heterocycles. The van der Waals surface area contributed by atoms with E-state index in [-0.39, 0.29) is 51.6 Å². The van der Waals surface area contributed by atoms with Crippen molar-refractivity contribution >= 4 is 46.6 Å². The highest BCUT2D eigenvalue weighted by atomic mass is 32.2. The lowest BCUT2D eigenvalue weighted by Crippen LogP contribution is -2.63. The summed E-state index contributed by atoms with van der Waals surface area (Å²) in [6, 6.07) is 9.32. The Kier molecular flexibility index (Phi) is 8.87. The molecule has 1 aromatic rings. The number of aliphatic hydroxyl groups excluding tert-OH is 1. The summed E-state index contributed by atoms with van der Waals surface area (Å²) in [6.45, 7) is 14.9. The SMILES string of the molecule is CC1=C(O)C(=O)C=C2C1=CC=C1[C@@]2(C)CC[C@@]2(C)[C@@H]3C[C@](C)(C(=O)N4CCN(C(=O)CN5C(=O)S/C(=C\c6ccccc6)C5=O)CC4)CC[C@]3(C)CC[C@]12C. The van der Waals surface area contributed by atoms with Gasteiger partial charge in [-0.2, -0.15) is 0 Å². The van der Waals surface area contributed by atoms with E-state index in [9.17, 15) is 29.1 Å². The van der Waals surface area contributed by atoms with E-state index in [0.717, 1.165) is 78.3 Å². The minimum atomic E-state index is -0.531. The second-order valence-electron chi connectivity index (χ2n) is 18.5. The number of rotatable bonds is 4. The normalized spacial score (nSPS) is 36.8. The topological polar surface area (TPSA) is 115 Å². The summed E-state index contributed by atoms with van der Waals surface area (Å²) in [6.07, 6.45) is 14.4. The predicted octanol–water partition coefficient (Wildman–Crippen LogP) is 8.02. The molecule has 1 aromatic carbocycles. The number of allylic oxidation sites excluding steroid dienone is 7. The summed E-state index contributed by atoms with van der Waals surface area (Å²) in [5.74, 6) is -0.730. The summed E-state index contributed by atoms with van der Waals surface area (Å²) in [7, 11) is 0. The van der Waals surface area contributed by atoms with Gasteiger partial charge >= 0.3 is 0 Å². The maximum Gasteiger partial charge on any atom is 0.294 e. The van der Waals surface area contributed by atoms with Gasteiger partial charge in [-0.15, -0.1) is 0 Å². The fraction of sp³-hybridized carbons (Fsp3) is 0.533. The van der Waals surface area contributed by atoms with Crippen LogP contribution < -0.4 is 0 Å². The van der Waals surface area contributed by atoms with Crippen molar-refractivity contribution in [3.63, 3.8) is 0 Å². The van der Waals surface area contributed by atoms with Gasteiger partial charge in [0.1, 0.15) is 6.54 Å². The molecule has 8 rings (SSSR count). The van der Waals surface area contributed by atoms with E-state index in [1.54, 1.807) is 17.1 Å². The molecule has 0 radical (unpaired) electrons. The van der Waals surface area contributed by atoms with Crippen LogP contribution in [0.5, 0.6) is 0 Å². The fourth-order valence-electron chi connectivity index (χ4n) is 11.8. The fourth-order valence-corrected chi connectivity index (χ4v) is 12.6. The van der Waals surface area contributed by atoms with Gasteiger partial charge in [-0.3, -0.25) is 28.9 Å². The van der Waals surface area contributed by atoms with Crippen molar-refractivity contribution in [1.82, 2.24) is 14.7 Å². The lowest BCUT2D eigenvalue weighted by atomic mass is 9.34. The highest BCUT2D eigenvalue weighted by Crippen LogP contribution is 2.75. The van der Waals surface area contributed by atoms with Gasteiger partial charge in [0.05, 0.1) is 4.91 Å². The Labute approximate surface area is 328 Å². The third kappa shape index (κ3) is 5.66.